The molecule has 2 fully saturated rings. The molecule has 3 nitrogen and oxygen atoms in total. The molecule has 0 aromatic carbocycles. The van der Waals surface area contributed by atoms with Crippen LogP contribution in [0.5, 0.6) is 0 Å². The number of hydrogen-bond acceptors (Lipinski definition) is 2. The van der Waals surface area contributed by atoms with Crippen molar-refractivity contribution in [2.24, 2.45) is 11.8 Å². The average Bonchev–Trinajstić information content (AvgIpc) is 2.28. The Kier molecular flexibility index (Phi) is 5.74. The van der Waals surface area contributed by atoms with Gasteiger partial charge in [0.2, 0.25) is 5.91 Å². The van der Waals surface area contributed by atoms with E-state index in [1.165, 1.54) is 19.3 Å². The maximum Gasteiger partial charge on any atom is 0.239 e. The van der Waals surface area contributed by atoms with Crippen LogP contribution in [0.3, 0.4) is 0 Å². The molecule has 0 aromatic rings. The van der Waals surface area contributed by atoms with Gasteiger partial charge in [0.1, 0.15) is 0 Å². The first-order valence-electron chi connectivity index (χ1n) is 6.69. The highest BCUT2D eigenvalue weighted by molar-refractivity contribution is 5.85. The number of carbonyl (C=O) groups is 1. The summed E-state index contributed by atoms with van der Waals surface area (Å²) in [5.74, 6) is 1.67. The molecule has 2 heterocycles. The lowest BCUT2D eigenvalue weighted by Gasteiger charge is -2.37. The van der Waals surface area contributed by atoms with Crippen molar-refractivity contribution in [1.29, 1.82) is 0 Å². The number of halogens is 1. The number of amides is 1. The van der Waals surface area contributed by atoms with Crippen LogP contribution in [-0.4, -0.2) is 36.5 Å². The molecule has 0 aliphatic carbocycles. The summed E-state index contributed by atoms with van der Waals surface area (Å²) >= 11 is 0. The molecule has 1 amide bonds. The van der Waals surface area contributed by atoms with Crippen LogP contribution in [0.15, 0.2) is 0 Å². The zero-order chi connectivity index (χ0) is 11.5. The smallest absolute Gasteiger partial charge is 0.239 e. The molecule has 2 aliphatic heterocycles. The molecule has 1 N–H and O–H groups in total. The molecule has 2 saturated heterocycles. The minimum atomic E-state index is 0. The van der Waals surface area contributed by atoms with Crippen molar-refractivity contribution in [1.82, 2.24) is 10.2 Å². The van der Waals surface area contributed by atoms with E-state index in [1.807, 2.05) is 0 Å². The van der Waals surface area contributed by atoms with Gasteiger partial charge in [-0.3, -0.25) is 4.79 Å². The molecule has 100 valence electrons. The van der Waals surface area contributed by atoms with Gasteiger partial charge in [-0.2, -0.15) is 0 Å². The van der Waals surface area contributed by atoms with Gasteiger partial charge in [0.15, 0.2) is 0 Å². The average molecular weight is 261 g/mol. The molecule has 0 bridgehead atoms. The predicted octanol–water partition coefficient (Wildman–Crippen LogP) is 2.05. The van der Waals surface area contributed by atoms with Crippen molar-refractivity contribution in [3.8, 4) is 0 Å². The first-order valence-corrected chi connectivity index (χ1v) is 6.69. The van der Waals surface area contributed by atoms with Gasteiger partial charge < -0.3 is 10.2 Å². The first-order chi connectivity index (χ1) is 7.66. The van der Waals surface area contributed by atoms with Crippen LogP contribution in [0.1, 0.15) is 39.5 Å². The van der Waals surface area contributed by atoms with Gasteiger partial charge in [-0.05, 0) is 37.6 Å². The lowest BCUT2D eigenvalue weighted by Crippen LogP contribution is -2.52. The van der Waals surface area contributed by atoms with Crippen molar-refractivity contribution in [2.75, 3.05) is 19.6 Å². The Hall–Kier alpha value is -0.280. The summed E-state index contributed by atoms with van der Waals surface area (Å²) in [7, 11) is 0. The second-order valence-corrected chi connectivity index (χ2v) is 5.69. The van der Waals surface area contributed by atoms with Gasteiger partial charge in [-0.1, -0.05) is 20.3 Å². The van der Waals surface area contributed by atoms with E-state index in [4.69, 9.17) is 0 Å². The summed E-state index contributed by atoms with van der Waals surface area (Å²) in [6, 6.07) is 0.103. The van der Waals surface area contributed by atoms with Crippen LogP contribution >= 0.6 is 12.4 Å². The number of carbonyl (C=O) groups excluding carboxylic acids is 1. The molecule has 17 heavy (non-hydrogen) atoms. The molecule has 0 saturated carbocycles. The Labute approximate surface area is 111 Å². The Morgan fingerprint density at radius 1 is 1.18 bits per heavy atom. The molecule has 3 atom stereocenters. The summed E-state index contributed by atoms with van der Waals surface area (Å²) in [5.41, 5.74) is 0. The number of nitrogens with zero attached hydrogens (tertiary/aromatic N) is 1. The minimum absolute atomic E-state index is 0. The maximum atomic E-state index is 12.3. The van der Waals surface area contributed by atoms with Gasteiger partial charge in [-0.25, -0.2) is 0 Å². The Morgan fingerprint density at radius 2 is 1.82 bits per heavy atom. The van der Waals surface area contributed by atoms with Crippen molar-refractivity contribution in [3.63, 3.8) is 0 Å². The van der Waals surface area contributed by atoms with E-state index in [0.717, 1.165) is 26.1 Å². The Bertz CT molecular complexity index is 244. The number of likely N-dealkylation sites (tertiary alicyclic amines) is 1. The molecule has 2 unspecified atom stereocenters. The largest absolute Gasteiger partial charge is 0.341 e. The zero-order valence-electron chi connectivity index (χ0n) is 10.9. The highest BCUT2D eigenvalue weighted by Gasteiger charge is 2.30. The van der Waals surface area contributed by atoms with Crippen LogP contribution in [0.25, 0.3) is 0 Å². The van der Waals surface area contributed by atoms with Crippen LogP contribution in [-0.2, 0) is 4.79 Å². The van der Waals surface area contributed by atoms with E-state index in [0.29, 0.717) is 17.7 Å². The van der Waals surface area contributed by atoms with Crippen LogP contribution in [0, 0.1) is 11.8 Å². The van der Waals surface area contributed by atoms with Gasteiger partial charge in [-0.15, -0.1) is 12.4 Å². The van der Waals surface area contributed by atoms with E-state index in [1.54, 1.807) is 0 Å². The first kappa shape index (κ1) is 14.8. The molecule has 0 radical (unpaired) electrons. The number of hydrogen-bond donors (Lipinski definition) is 1. The fourth-order valence-corrected chi connectivity index (χ4v) is 3.13. The second-order valence-electron chi connectivity index (χ2n) is 5.69. The molecular formula is C13H25ClN2O. The summed E-state index contributed by atoms with van der Waals surface area (Å²) < 4.78 is 0. The van der Waals surface area contributed by atoms with Gasteiger partial charge in [0.05, 0.1) is 6.04 Å². The van der Waals surface area contributed by atoms with E-state index in [-0.39, 0.29) is 18.4 Å². The molecule has 2 aliphatic rings. The topological polar surface area (TPSA) is 32.3 Å². The van der Waals surface area contributed by atoms with E-state index < -0.39 is 0 Å². The SMILES string of the molecule is CC1CC(C)CN(C(=O)[C@H]2CCCCN2)C1.Cl. The highest BCUT2D eigenvalue weighted by Crippen LogP contribution is 2.22. The monoisotopic (exact) mass is 260 g/mol. The third kappa shape index (κ3) is 3.85. The summed E-state index contributed by atoms with van der Waals surface area (Å²) in [6.07, 6.45) is 4.71. The summed E-state index contributed by atoms with van der Waals surface area (Å²) in [4.78, 5) is 14.4. The van der Waals surface area contributed by atoms with Crippen LogP contribution < -0.4 is 5.32 Å². The maximum absolute atomic E-state index is 12.3. The predicted molar refractivity (Wildman–Crippen MR) is 72.4 cm³/mol. The molecule has 2 rings (SSSR count). The molecule has 0 spiro atoms. The number of rotatable bonds is 1. The van der Waals surface area contributed by atoms with Crippen LogP contribution in [0.2, 0.25) is 0 Å². The number of nitrogens with one attached hydrogen (secondary N) is 1. The van der Waals surface area contributed by atoms with Gasteiger partial charge in [0, 0.05) is 13.1 Å². The van der Waals surface area contributed by atoms with Crippen LogP contribution in [0.4, 0.5) is 0 Å². The number of piperidine rings is 2. The van der Waals surface area contributed by atoms with Crippen molar-refractivity contribution >= 4 is 18.3 Å². The fourth-order valence-electron chi connectivity index (χ4n) is 3.13. The third-order valence-corrected chi connectivity index (χ3v) is 3.79. The van der Waals surface area contributed by atoms with Gasteiger partial charge >= 0.3 is 0 Å². The Morgan fingerprint density at radius 3 is 2.35 bits per heavy atom. The van der Waals surface area contributed by atoms with Crippen molar-refractivity contribution in [3.05, 3.63) is 0 Å². The minimum Gasteiger partial charge on any atom is -0.341 e. The van der Waals surface area contributed by atoms with E-state index in [9.17, 15) is 4.79 Å². The Balaban J connectivity index is 0.00000144. The van der Waals surface area contributed by atoms with Crippen molar-refractivity contribution in [2.45, 2.75) is 45.6 Å². The standard InChI is InChI=1S/C13H24N2O.ClH/c1-10-7-11(2)9-15(8-10)13(16)12-5-3-4-6-14-12;/h10-12,14H,3-9H2,1-2H3;1H/t10?,11?,12-;/m1./s1. The normalized spacial score (nSPS) is 34.0. The molecular weight excluding hydrogens is 236 g/mol. The van der Waals surface area contributed by atoms with E-state index >= 15 is 0 Å². The molecule has 0 aromatic heterocycles. The zero-order valence-corrected chi connectivity index (χ0v) is 11.8. The van der Waals surface area contributed by atoms with Gasteiger partial charge in [0.25, 0.3) is 0 Å². The second kappa shape index (κ2) is 6.60. The molecule has 4 heteroatoms. The summed E-state index contributed by atoms with van der Waals surface area (Å²) in [5, 5.41) is 3.35. The quantitative estimate of drug-likeness (QED) is 0.783. The third-order valence-electron chi connectivity index (χ3n) is 3.79. The lowest BCUT2D eigenvalue weighted by atomic mass is 9.91. The fraction of sp³-hybridized carbons (Fsp3) is 0.923. The summed E-state index contributed by atoms with van der Waals surface area (Å²) in [6.45, 7) is 7.44. The van der Waals surface area contributed by atoms with Crippen molar-refractivity contribution < 1.29 is 4.79 Å². The lowest BCUT2D eigenvalue weighted by molar-refractivity contribution is -0.136. The highest BCUT2D eigenvalue weighted by atomic mass is 35.5. The van der Waals surface area contributed by atoms with E-state index in [2.05, 4.69) is 24.1 Å².